The number of hydrogen-bond acceptors (Lipinski definition) is 5. The van der Waals surface area contributed by atoms with Crippen LogP contribution >= 0.6 is 11.3 Å². The summed E-state index contributed by atoms with van der Waals surface area (Å²) in [4.78, 5) is 5.67. The highest BCUT2D eigenvalue weighted by molar-refractivity contribution is 7.09. The smallest absolute Gasteiger partial charge is 0.276 e. The van der Waals surface area contributed by atoms with Gasteiger partial charge in [0.15, 0.2) is 5.82 Å². The van der Waals surface area contributed by atoms with Crippen molar-refractivity contribution in [3.63, 3.8) is 0 Å². The standard InChI is InChI=1S/C13H14N4OS/c1-3-17-11(7-9(2)15-17)13-14-12(16-18-13)8-10-5-4-6-19-10/h4-7H,3,8H2,1-2H3. The van der Waals surface area contributed by atoms with Crippen LogP contribution in [0.4, 0.5) is 0 Å². The molecule has 6 heteroatoms. The van der Waals surface area contributed by atoms with Crippen molar-refractivity contribution in [2.45, 2.75) is 26.8 Å². The van der Waals surface area contributed by atoms with E-state index in [1.54, 1.807) is 11.3 Å². The number of nitrogens with zero attached hydrogens (tertiary/aromatic N) is 4. The van der Waals surface area contributed by atoms with Crippen molar-refractivity contribution in [1.29, 1.82) is 0 Å². The number of rotatable bonds is 4. The van der Waals surface area contributed by atoms with E-state index in [0.717, 1.165) is 17.9 Å². The first-order valence-electron chi connectivity index (χ1n) is 6.16. The summed E-state index contributed by atoms with van der Waals surface area (Å²) in [6.45, 7) is 4.78. The van der Waals surface area contributed by atoms with Crippen LogP contribution in [0.2, 0.25) is 0 Å². The van der Waals surface area contributed by atoms with Gasteiger partial charge in [0.1, 0.15) is 5.69 Å². The molecule has 3 rings (SSSR count). The molecule has 0 atom stereocenters. The van der Waals surface area contributed by atoms with E-state index < -0.39 is 0 Å². The van der Waals surface area contributed by atoms with E-state index >= 15 is 0 Å². The van der Waals surface area contributed by atoms with Crippen LogP contribution < -0.4 is 0 Å². The van der Waals surface area contributed by atoms with Gasteiger partial charge in [-0.1, -0.05) is 11.2 Å². The Hall–Kier alpha value is -1.95. The molecule has 0 amide bonds. The summed E-state index contributed by atoms with van der Waals surface area (Å²) in [7, 11) is 0. The third-order valence-electron chi connectivity index (χ3n) is 2.80. The molecule has 5 nitrogen and oxygen atoms in total. The van der Waals surface area contributed by atoms with Crippen LogP contribution in [0.3, 0.4) is 0 Å². The van der Waals surface area contributed by atoms with Crippen molar-refractivity contribution < 1.29 is 4.52 Å². The zero-order valence-corrected chi connectivity index (χ0v) is 11.6. The Kier molecular flexibility index (Phi) is 3.16. The quantitative estimate of drug-likeness (QED) is 0.734. The van der Waals surface area contributed by atoms with Gasteiger partial charge in [0.25, 0.3) is 5.89 Å². The molecule has 3 aromatic heterocycles. The number of aryl methyl sites for hydroxylation is 2. The summed E-state index contributed by atoms with van der Waals surface area (Å²) in [5.74, 6) is 1.24. The van der Waals surface area contributed by atoms with E-state index in [1.807, 2.05) is 36.0 Å². The number of hydrogen-bond donors (Lipinski definition) is 0. The van der Waals surface area contributed by atoms with E-state index in [4.69, 9.17) is 4.52 Å². The first-order chi connectivity index (χ1) is 9.26. The van der Waals surface area contributed by atoms with Crippen molar-refractivity contribution >= 4 is 11.3 Å². The summed E-state index contributed by atoms with van der Waals surface area (Å²) >= 11 is 1.70. The van der Waals surface area contributed by atoms with Crippen molar-refractivity contribution in [2.75, 3.05) is 0 Å². The second-order valence-electron chi connectivity index (χ2n) is 4.26. The molecule has 98 valence electrons. The van der Waals surface area contributed by atoms with Gasteiger partial charge >= 0.3 is 0 Å². The molecule has 0 aliphatic rings. The molecular weight excluding hydrogens is 260 g/mol. The molecule has 0 radical (unpaired) electrons. The fourth-order valence-corrected chi connectivity index (χ4v) is 2.66. The summed E-state index contributed by atoms with van der Waals surface area (Å²) in [6, 6.07) is 6.06. The summed E-state index contributed by atoms with van der Waals surface area (Å²) < 4.78 is 7.21. The van der Waals surface area contributed by atoms with E-state index in [2.05, 4.69) is 21.3 Å². The van der Waals surface area contributed by atoms with E-state index in [9.17, 15) is 0 Å². The molecule has 3 heterocycles. The highest BCUT2D eigenvalue weighted by Gasteiger charge is 2.14. The topological polar surface area (TPSA) is 56.7 Å². The average molecular weight is 274 g/mol. The normalized spacial score (nSPS) is 11.1. The van der Waals surface area contributed by atoms with Gasteiger partial charge in [0, 0.05) is 17.8 Å². The fraction of sp³-hybridized carbons (Fsp3) is 0.308. The van der Waals surface area contributed by atoms with Crippen LogP contribution in [-0.2, 0) is 13.0 Å². The molecule has 0 saturated heterocycles. The molecule has 0 aliphatic carbocycles. The van der Waals surface area contributed by atoms with E-state index in [-0.39, 0.29) is 0 Å². The van der Waals surface area contributed by atoms with E-state index in [1.165, 1.54) is 4.88 Å². The lowest BCUT2D eigenvalue weighted by Gasteiger charge is -1.97. The van der Waals surface area contributed by atoms with Crippen LogP contribution in [0.5, 0.6) is 0 Å². The molecular formula is C13H14N4OS. The van der Waals surface area contributed by atoms with Crippen LogP contribution in [0, 0.1) is 6.92 Å². The van der Waals surface area contributed by atoms with Crippen LogP contribution in [0.25, 0.3) is 11.6 Å². The Morgan fingerprint density at radius 3 is 3.05 bits per heavy atom. The van der Waals surface area contributed by atoms with Gasteiger partial charge in [-0.15, -0.1) is 11.3 Å². The van der Waals surface area contributed by atoms with Crippen molar-refractivity contribution in [3.8, 4) is 11.6 Å². The lowest BCUT2D eigenvalue weighted by Crippen LogP contribution is -1.99. The molecule has 0 spiro atoms. The lowest BCUT2D eigenvalue weighted by atomic mass is 10.3. The first kappa shape index (κ1) is 12.1. The maximum Gasteiger partial charge on any atom is 0.276 e. The molecule has 0 unspecified atom stereocenters. The minimum absolute atomic E-state index is 0.536. The lowest BCUT2D eigenvalue weighted by molar-refractivity contribution is 0.419. The SMILES string of the molecule is CCn1nc(C)cc1-c1nc(Cc2cccs2)no1. The largest absolute Gasteiger partial charge is 0.332 e. The predicted molar refractivity (Wildman–Crippen MR) is 73.1 cm³/mol. The molecule has 0 saturated carbocycles. The molecule has 0 fully saturated rings. The van der Waals surface area contributed by atoms with Crippen LogP contribution in [0.15, 0.2) is 28.1 Å². The third-order valence-corrected chi connectivity index (χ3v) is 3.68. The van der Waals surface area contributed by atoms with Crippen molar-refractivity contribution in [2.24, 2.45) is 0 Å². The third kappa shape index (κ3) is 2.44. The van der Waals surface area contributed by atoms with E-state index in [0.29, 0.717) is 18.1 Å². The molecule has 19 heavy (non-hydrogen) atoms. The van der Waals surface area contributed by atoms with Gasteiger partial charge in [0.2, 0.25) is 0 Å². The van der Waals surface area contributed by atoms with Gasteiger partial charge < -0.3 is 4.52 Å². The summed E-state index contributed by atoms with van der Waals surface area (Å²) in [6.07, 6.45) is 0.709. The Labute approximate surface area is 114 Å². The Balaban J connectivity index is 1.88. The fourth-order valence-electron chi connectivity index (χ4n) is 1.96. The highest BCUT2D eigenvalue weighted by atomic mass is 32.1. The summed E-state index contributed by atoms with van der Waals surface area (Å²) in [5, 5.41) is 10.5. The predicted octanol–water partition coefficient (Wildman–Crippen LogP) is 2.91. The zero-order valence-electron chi connectivity index (χ0n) is 10.8. The minimum atomic E-state index is 0.536. The summed E-state index contributed by atoms with van der Waals surface area (Å²) in [5.41, 5.74) is 1.83. The average Bonchev–Trinajstić information content (AvgIpc) is 3.10. The first-order valence-corrected chi connectivity index (χ1v) is 7.04. The second kappa shape index (κ2) is 4.97. The van der Waals surface area contributed by atoms with Gasteiger partial charge in [-0.25, -0.2) is 0 Å². The molecule has 0 N–H and O–H groups in total. The van der Waals surface area contributed by atoms with Gasteiger partial charge in [-0.3, -0.25) is 4.68 Å². The molecule has 0 bridgehead atoms. The maximum atomic E-state index is 5.34. The monoisotopic (exact) mass is 274 g/mol. The maximum absolute atomic E-state index is 5.34. The van der Waals surface area contributed by atoms with Crippen molar-refractivity contribution in [3.05, 3.63) is 40.0 Å². The highest BCUT2D eigenvalue weighted by Crippen LogP contribution is 2.20. The van der Waals surface area contributed by atoms with Gasteiger partial charge in [-0.2, -0.15) is 10.1 Å². The molecule has 3 aromatic rings. The van der Waals surface area contributed by atoms with Crippen molar-refractivity contribution in [1.82, 2.24) is 19.9 Å². The van der Waals surface area contributed by atoms with Crippen LogP contribution in [-0.4, -0.2) is 19.9 Å². The zero-order chi connectivity index (χ0) is 13.2. The van der Waals surface area contributed by atoms with Gasteiger partial charge in [-0.05, 0) is 31.4 Å². The molecule has 0 aliphatic heterocycles. The second-order valence-corrected chi connectivity index (χ2v) is 5.29. The van der Waals surface area contributed by atoms with Gasteiger partial charge in [0.05, 0.1) is 5.69 Å². The number of aromatic nitrogens is 4. The molecule has 0 aromatic carbocycles. The minimum Gasteiger partial charge on any atom is -0.332 e. The Morgan fingerprint density at radius 1 is 1.42 bits per heavy atom. The number of thiophene rings is 1. The van der Waals surface area contributed by atoms with Crippen LogP contribution in [0.1, 0.15) is 23.3 Å². The Morgan fingerprint density at radius 2 is 2.32 bits per heavy atom. The Bertz CT molecular complexity index is 669.